The van der Waals surface area contributed by atoms with Gasteiger partial charge in [0.1, 0.15) is 5.82 Å². The first-order chi connectivity index (χ1) is 8.58. The Morgan fingerprint density at radius 2 is 1.94 bits per heavy atom. The highest BCUT2D eigenvalue weighted by atomic mass is 16.3. The van der Waals surface area contributed by atoms with Crippen LogP contribution in [0.3, 0.4) is 0 Å². The lowest BCUT2D eigenvalue weighted by Gasteiger charge is -2.34. The minimum absolute atomic E-state index is 0.438. The monoisotopic (exact) mass is 248 g/mol. The highest BCUT2D eigenvalue weighted by Crippen LogP contribution is 2.28. The molecule has 0 bridgehead atoms. The van der Waals surface area contributed by atoms with Gasteiger partial charge in [-0.15, -0.1) is 0 Å². The number of hydrogen-bond donors (Lipinski definition) is 1. The molecule has 0 radical (unpaired) electrons. The van der Waals surface area contributed by atoms with Gasteiger partial charge in [-0.1, -0.05) is 13.0 Å². The summed E-state index contributed by atoms with van der Waals surface area (Å²) in [6, 6.07) is 4.60. The molecule has 0 aromatic carbocycles. The third-order valence-electron chi connectivity index (χ3n) is 4.15. The lowest BCUT2D eigenvalue weighted by Crippen LogP contribution is -2.35. The van der Waals surface area contributed by atoms with Crippen LogP contribution in [-0.4, -0.2) is 23.2 Å². The highest BCUT2D eigenvalue weighted by molar-refractivity contribution is 5.40. The Morgan fingerprint density at radius 3 is 2.44 bits per heavy atom. The van der Waals surface area contributed by atoms with Gasteiger partial charge in [0.25, 0.3) is 0 Å². The smallest absolute Gasteiger partial charge is 0.128 e. The second-order valence-electron chi connectivity index (χ2n) is 5.65. The summed E-state index contributed by atoms with van der Waals surface area (Å²) in [5.74, 6) is 1.89. The standard InChI is InChI=1S/C15H24N2O/c1-11-4-7-14(8-5-11)17(3)15-9-6-13(10-16-15)12(2)18/h6,9-12,14,18H,4-5,7-8H2,1-3H3/t11?,12-,14?/m1/s1. The number of pyridine rings is 1. The lowest BCUT2D eigenvalue weighted by molar-refractivity contribution is 0.199. The molecule has 1 saturated carbocycles. The molecule has 1 atom stereocenters. The number of nitrogens with zero attached hydrogens (tertiary/aromatic N) is 2. The fourth-order valence-corrected chi connectivity index (χ4v) is 2.67. The topological polar surface area (TPSA) is 36.4 Å². The van der Waals surface area contributed by atoms with E-state index in [1.807, 2.05) is 12.1 Å². The van der Waals surface area contributed by atoms with Crippen LogP contribution in [0.5, 0.6) is 0 Å². The van der Waals surface area contributed by atoms with Gasteiger partial charge >= 0.3 is 0 Å². The van der Waals surface area contributed by atoms with Crippen molar-refractivity contribution in [3.8, 4) is 0 Å². The Morgan fingerprint density at radius 1 is 1.28 bits per heavy atom. The zero-order chi connectivity index (χ0) is 13.1. The Balaban J connectivity index is 2.02. The Bertz CT molecular complexity index is 367. The van der Waals surface area contributed by atoms with Gasteiger partial charge in [-0.3, -0.25) is 0 Å². The predicted octanol–water partition coefficient (Wildman–Crippen LogP) is 3.15. The maximum absolute atomic E-state index is 9.48. The quantitative estimate of drug-likeness (QED) is 0.892. The molecule has 18 heavy (non-hydrogen) atoms. The SMILES string of the molecule is CC1CCC(N(C)c2ccc([C@@H](C)O)cn2)CC1. The van der Waals surface area contributed by atoms with Gasteiger partial charge in [0, 0.05) is 19.3 Å². The zero-order valence-electron chi connectivity index (χ0n) is 11.6. The largest absolute Gasteiger partial charge is 0.389 e. The minimum atomic E-state index is -0.438. The van der Waals surface area contributed by atoms with E-state index in [0.717, 1.165) is 17.3 Å². The Labute approximate surface area is 110 Å². The van der Waals surface area contributed by atoms with Crippen molar-refractivity contribution in [2.45, 2.75) is 51.7 Å². The van der Waals surface area contributed by atoms with Gasteiger partial charge in [0.2, 0.25) is 0 Å². The van der Waals surface area contributed by atoms with Crippen LogP contribution < -0.4 is 4.90 Å². The summed E-state index contributed by atoms with van der Waals surface area (Å²) in [4.78, 5) is 6.75. The number of aliphatic hydroxyl groups excluding tert-OH is 1. The maximum atomic E-state index is 9.48. The minimum Gasteiger partial charge on any atom is -0.389 e. The molecule has 1 heterocycles. The van der Waals surface area contributed by atoms with Crippen LogP contribution in [0.1, 0.15) is 51.2 Å². The molecule has 1 aliphatic rings. The molecule has 0 spiro atoms. The first-order valence-electron chi connectivity index (χ1n) is 6.94. The summed E-state index contributed by atoms with van der Waals surface area (Å²) in [7, 11) is 2.13. The molecule has 1 aromatic rings. The van der Waals surface area contributed by atoms with Crippen LogP contribution >= 0.6 is 0 Å². The van der Waals surface area contributed by atoms with Gasteiger partial charge < -0.3 is 10.0 Å². The summed E-state index contributed by atoms with van der Waals surface area (Å²) in [6.07, 6.45) is 6.51. The molecular formula is C15H24N2O. The first kappa shape index (κ1) is 13.3. The maximum Gasteiger partial charge on any atom is 0.128 e. The van der Waals surface area contributed by atoms with Gasteiger partial charge in [-0.05, 0) is 50.2 Å². The number of hydrogen-bond acceptors (Lipinski definition) is 3. The molecule has 0 saturated heterocycles. The highest BCUT2D eigenvalue weighted by Gasteiger charge is 2.22. The second-order valence-corrected chi connectivity index (χ2v) is 5.65. The number of aliphatic hydroxyl groups is 1. The number of aromatic nitrogens is 1. The first-order valence-corrected chi connectivity index (χ1v) is 6.94. The summed E-state index contributed by atoms with van der Waals surface area (Å²) in [6.45, 7) is 4.11. The number of rotatable bonds is 3. The summed E-state index contributed by atoms with van der Waals surface area (Å²) in [5.41, 5.74) is 0.879. The van der Waals surface area contributed by atoms with Crippen molar-refractivity contribution < 1.29 is 5.11 Å². The van der Waals surface area contributed by atoms with Crippen LogP contribution in [0, 0.1) is 5.92 Å². The van der Waals surface area contributed by atoms with E-state index < -0.39 is 6.10 Å². The molecule has 100 valence electrons. The molecular weight excluding hydrogens is 224 g/mol. The van der Waals surface area contributed by atoms with E-state index in [1.54, 1.807) is 13.1 Å². The van der Waals surface area contributed by atoms with Crippen molar-refractivity contribution in [1.82, 2.24) is 4.98 Å². The van der Waals surface area contributed by atoms with E-state index in [4.69, 9.17) is 0 Å². The van der Waals surface area contributed by atoms with E-state index in [-0.39, 0.29) is 0 Å². The van der Waals surface area contributed by atoms with Crippen LogP contribution in [0.25, 0.3) is 0 Å². The van der Waals surface area contributed by atoms with E-state index in [0.29, 0.717) is 6.04 Å². The van der Waals surface area contributed by atoms with Crippen molar-refractivity contribution in [1.29, 1.82) is 0 Å². The molecule has 1 aliphatic carbocycles. The average molecular weight is 248 g/mol. The predicted molar refractivity (Wildman–Crippen MR) is 74.7 cm³/mol. The van der Waals surface area contributed by atoms with Crippen molar-refractivity contribution in [3.63, 3.8) is 0 Å². The molecule has 0 aliphatic heterocycles. The molecule has 3 heteroatoms. The molecule has 0 unspecified atom stereocenters. The summed E-state index contributed by atoms with van der Waals surface area (Å²) in [5, 5.41) is 9.48. The molecule has 0 amide bonds. The van der Waals surface area contributed by atoms with Gasteiger partial charge in [0.05, 0.1) is 6.10 Å². The molecule has 3 nitrogen and oxygen atoms in total. The molecule has 2 rings (SSSR count). The molecule has 1 N–H and O–H groups in total. The van der Waals surface area contributed by atoms with Crippen molar-refractivity contribution in [2.24, 2.45) is 5.92 Å². The van der Waals surface area contributed by atoms with Gasteiger partial charge in [-0.2, -0.15) is 0 Å². The van der Waals surface area contributed by atoms with Crippen LogP contribution in [0.4, 0.5) is 5.82 Å². The summed E-state index contributed by atoms with van der Waals surface area (Å²) >= 11 is 0. The van der Waals surface area contributed by atoms with Crippen molar-refractivity contribution in [2.75, 3.05) is 11.9 Å². The van der Waals surface area contributed by atoms with Crippen LogP contribution in [0.15, 0.2) is 18.3 Å². The van der Waals surface area contributed by atoms with E-state index in [1.165, 1.54) is 25.7 Å². The van der Waals surface area contributed by atoms with Crippen LogP contribution in [-0.2, 0) is 0 Å². The third-order valence-corrected chi connectivity index (χ3v) is 4.15. The fraction of sp³-hybridized carbons (Fsp3) is 0.667. The van der Waals surface area contributed by atoms with Crippen molar-refractivity contribution >= 4 is 5.82 Å². The van der Waals surface area contributed by atoms with Crippen molar-refractivity contribution in [3.05, 3.63) is 23.9 Å². The van der Waals surface area contributed by atoms with Gasteiger partial charge in [-0.25, -0.2) is 4.98 Å². The van der Waals surface area contributed by atoms with Gasteiger partial charge in [0.15, 0.2) is 0 Å². The molecule has 1 fully saturated rings. The second kappa shape index (κ2) is 5.70. The van der Waals surface area contributed by atoms with E-state index in [9.17, 15) is 5.11 Å². The number of anilines is 1. The Kier molecular flexibility index (Phi) is 4.23. The lowest BCUT2D eigenvalue weighted by atomic mass is 9.87. The third kappa shape index (κ3) is 3.02. The fourth-order valence-electron chi connectivity index (χ4n) is 2.67. The normalized spacial score (nSPS) is 25.8. The Hall–Kier alpha value is -1.09. The van der Waals surface area contributed by atoms with E-state index in [2.05, 4.69) is 23.9 Å². The average Bonchev–Trinajstić information content (AvgIpc) is 2.39. The van der Waals surface area contributed by atoms with E-state index >= 15 is 0 Å². The van der Waals surface area contributed by atoms with Crippen LogP contribution in [0.2, 0.25) is 0 Å². The summed E-state index contributed by atoms with van der Waals surface area (Å²) < 4.78 is 0. The molecule has 1 aromatic heterocycles. The zero-order valence-corrected chi connectivity index (χ0v) is 11.6.